The van der Waals surface area contributed by atoms with Gasteiger partial charge in [-0.3, -0.25) is 0 Å². The van der Waals surface area contributed by atoms with Crippen molar-refractivity contribution in [2.75, 3.05) is 0 Å². The van der Waals surface area contributed by atoms with Crippen LogP contribution in [0.3, 0.4) is 0 Å². The van der Waals surface area contributed by atoms with Crippen LogP contribution >= 0.6 is 0 Å². The van der Waals surface area contributed by atoms with Gasteiger partial charge in [0.1, 0.15) is 6.61 Å². The Balaban J connectivity index is 3.09. The Morgan fingerprint density at radius 3 is 3.00 bits per heavy atom. The van der Waals surface area contributed by atoms with Crippen molar-refractivity contribution in [3.05, 3.63) is 34.8 Å². The monoisotopic (exact) mass is 138 g/mol. The van der Waals surface area contributed by atoms with Crippen LogP contribution in [0.4, 0.5) is 0 Å². The lowest BCUT2D eigenvalue weighted by atomic mass is 10.2. The highest BCUT2D eigenvalue weighted by Crippen LogP contribution is 1.96. The summed E-state index contributed by atoms with van der Waals surface area (Å²) in [5.74, 6) is 0. The molecule has 0 unspecified atom stereocenters. The molecule has 0 aliphatic carbocycles. The molecule has 1 aromatic heterocycles. The summed E-state index contributed by atoms with van der Waals surface area (Å²) in [7, 11) is 0. The average Bonchev–Trinajstić information content (AvgIpc) is 1.94. The van der Waals surface area contributed by atoms with Crippen molar-refractivity contribution in [2.45, 2.75) is 13.5 Å². The summed E-state index contributed by atoms with van der Waals surface area (Å²) in [5, 5.41) is 19.3. The van der Waals surface area contributed by atoms with Gasteiger partial charge in [0.15, 0.2) is 0 Å². The van der Waals surface area contributed by atoms with Crippen LogP contribution in [-0.2, 0) is 6.61 Å². The van der Waals surface area contributed by atoms with E-state index in [0.717, 1.165) is 5.56 Å². The molecule has 0 atom stereocenters. The predicted octanol–water partition coefficient (Wildman–Crippen LogP) is -0.0791. The lowest BCUT2D eigenvalue weighted by Gasteiger charge is -1.99. The van der Waals surface area contributed by atoms with Crippen LogP contribution in [0.15, 0.2) is 12.1 Å². The number of pyridine rings is 1. The summed E-state index contributed by atoms with van der Waals surface area (Å²) in [6, 6.07) is 3.20. The van der Waals surface area contributed by atoms with E-state index in [1.54, 1.807) is 12.1 Å². The van der Waals surface area contributed by atoms with Crippen LogP contribution in [0.1, 0.15) is 11.3 Å². The number of aromatic nitrogens is 1. The number of aliphatic hydroxyl groups excluding tert-OH is 1. The molecule has 0 bridgehead atoms. The molecule has 10 heavy (non-hydrogen) atoms. The molecule has 1 aromatic rings. The maximum absolute atomic E-state index is 10.7. The summed E-state index contributed by atoms with van der Waals surface area (Å²) >= 11 is 0. The van der Waals surface area contributed by atoms with Crippen molar-refractivity contribution >= 4 is 0 Å². The van der Waals surface area contributed by atoms with Crippen LogP contribution in [0, 0.1) is 18.3 Å². The van der Waals surface area contributed by atoms with E-state index in [1.807, 2.05) is 6.92 Å². The largest absolute Gasteiger partial charge is 0.618 e. The van der Waals surface area contributed by atoms with Crippen molar-refractivity contribution in [1.29, 1.82) is 0 Å². The van der Waals surface area contributed by atoms with Gasteiger partial charge in [0.2, 0.25) is 5.69 Å². The van der Waals surface area contributed by atoms with Gasteiger partial charge in [0.05, 0.1) is 0 Å². The molecule has 3 nitrogen and oxygen atoms in total. The van der Waals surface area contributed by atoms with E-state index in [4.69, 9.17) is 5.11 Å². The molecule has 1 rings (SSSR count). The predicted molar refractivity (Wildman–Crippen MR) is 34.9 cm³/mol. The third kappa shape index (κ3) is 1.25. The second-order valence-electron chi connectivity index (χ2n) is 2.11. The zero-order chi connectivity index (χ0) is 7.56. The summed E-state index contributed by atoms with van der Waals surface area (Å²) in [4.78, 5) is 0. The minimum Gasteiger partial charge on any atom is -0.618 e. The average molecular weight is 138 g/mol. The molecule has 0 aliphatic rings. The zero-order valence-corrected chi connectivity index (χ0v) is 5.66. The van der Waals surface area contributed by atoms with E-state index >= 15 is 0 Å². The lowest BCUT2D eigenvalue weighted by molar-refractivity contribution is -0.620. The van der Waals surface area contributed by atoms with E-state index in [-0.39, 0.29) is 6.61 Å². The lowest BCUT2D eigenvalue weighted by Crippen LogP contribution is -2.31. The van der Waals surface area contributed by atoms with Crippen LogP contribution in [-0.4, -0.2) is 5.11 Å². The normalized spacial score (nSPS) is 9.80. The number of aliphatic hydroxyl groups is 1. The number of rotatable bonds is 1. The first kappa shape index (κ1) is 7.02. The highest BCUT2D eigenvalue weighted by molar-refractivity contribution is 5.09. The first-order valence-electron chi connectivity index (χ1n) is 2.95. The van der Waals surface area contributed by atoms with Crippen molar-refractivity contribution in [2.24, 2.45) is 0 Å². The molecule has 0 amide bonds. The Morgan fingerprint density at radius 1 is 1.80 bits per heavy atom. The van der Waals surface area contributed by atoms with E-state index < -0.39 is 0 Å². The van der Waals surface area contributed by atoms with Gasteiger partial charge in [-0.05, 0) is 12.5 Å². The van der Waals surface area contributed by atoms with Gasteiger partial charge in [0.25, 0.3) is 6.20 Å². The van der Waals surface area contributed by atoms with Crippen molar-refractivity contribution in [1.82, 2.24) is 0 Å². The SMILES string of the molecule is Cc1c[c][n+]([O-])c(CO)c1. The Hall–Kier alpha value is -1.09. The van der Waals surface area contributed by atoms with Crippen molar-refractivity contribution < 1.29 is 9.84 Å². The van der Waals surface area contributed by atoms with E-state index in [1.165, 1.54) is 0 Å². The Morgan fingerprint density at radius 2 is 2.50 bits per heavy atom. The molecule has 53 valence electrons. The number of nitrogens with zero attached hydrogens (tertiary/aromatic N) is 1. The standard InChI is InChI=1S/C7H8NO2/c1-6-2-3-8(10)7(4-6)5-9/h2,4,9H,5H2,1H3. The van der Waals surface area contributed by atoms with Gasteiger partial charge in [-0.2, -0.15) is 4.73 Å². The van der Waals surface area contributed by atoms with Crippen molar-refractivity contribution in [3.8, 4) is 0 Å². The molecule has 3 heteroatoms. The molecule has 1 radical (unpaired) electrons. The number of aryl methyl sites for hydroxylation is 1. The van der Waals surface area contributed by atoms with Gasteiger partial charge < -0.3 is 10.3 Å². The fraction of sp³-hybridized carbons (Fsp3) is 0.286. The number of hydrogen-bond donors (Lipinski definition) is 1. The van der Waals surface area contributed by atoms with Gasteiger partial charge in [-0.1, -0.05) is 0 Å². The molecule has 0 spiro atoms. The fourth-order valence-electron chi connectivity index (χ4n) is 0.716. The second-order valence-corrected chi connectivity index (χ2v) is 2.11. The maximum atomic E-state index is 10.7. The quantitative estimate of drug-likeness (QED) is 0.436. The fourth-order valence-corrected chi connectivity index (χ4v) is 0.716. The van der Waals surface area contributed by atoms with Crippen LogP contribution in [0.5, 0.6) is 0 Å². The Bertz CT molecular complexity index is 235. The number of hydrogen-bond acceptors (Lipinski definition) is 2. The van der Waals surface area contributed by atoms with Crippen LogP contribution in [0.25, 0.3) is 0 Å². The van der Waals surface area contributed by atoms with E-state index in [2.05, 4.69) is 6.20 Å². The minimum absolute atomic E-state index is 0.234. The van der Waals surface area contributed by atoms with Gasteiger partial charge in [0, 0.05) is 12.1 Å². The summed E-state index contributed by atoms with van der Waals surface area (Å²) in [6.07, 6.45) is 2.42. The highest BCUT2D eigenvalue weighted by Gasteiger charge is 2.02. The van der Waals surface area contributed by atoms with Gasteiger partial charge in [-0.15, -0.1) is 0 Å². The molecule has 1 heterocycles. The molecule has 1 N–H and O–H groups in total. The summed E-state index contributed by atoms with van der Waals surface area (Å²) in [5.41, 5.74) is 1.26. The Kier molecular flexibility index (Phi) is 1.87. The minimum atomic E-state index is -0.234. The van der Waals surface area contributed by atoms with Gasteiger partial charge in [-0.25, -0.2) is 0 Å². The topological polar surface area (TPSA) is 47.2 Å². The first-order chi connectivity index (χ1) is 4.74. The summed E-state index contributed by atoms with van der Waals surface area (Å²) in [6.45, 7) is 1.61. The molecular weight excluding hydrogens is 130 g/mol. The van der Waals surface area contributed by atoms with E-state index in [9.17, 15) is 5.21 Å². The maximum Gasteiger partial charge on any atom is 0.290 e. The Labute approximate surface area is 59.1 Å². The van der Waals surface area contributed by atoms with E-state index in [0.29, 0.717) is 10.4 Å². The van der Waals surface area contributed by atoms with Crippen LogP contribution < -0.4 is 4.73 Å². The summed E-state index contributed by atoms with van der Waals surface area (Å²) < 4.78 is 0.535. The zero-order valence-electron chi connectivity index (χ0n) is 5.66. The molecular formula is C7H8NO2. The molecule has 0 aliphatic heterocycles. The first-order valence-corrected chi connectivity index (χ1v) is 2.95. The molecule has 0 fully saturated rings. The second kappa shape index (κ2) is 2.66. The van der Waals surface area contributed by atoms with Crippen molar-refractivity contribution in [3.63, 3.8) is 0 Å². The van der Waals surface area contributed by atoms with Crippen LogP contribution in [0.2, 0.25) is 0 Å². The molecule has 0 aromatic carbocycles. The third-order valence-corrected chi connectivity index (χ3v) is 1.23. The highest BCUT2D eigenvalue weighted by atomic mass is 16.5. The third-order valence-electron chi connectivity index (χ3n) is 1.23. The van der Waals surface area contributed by atoms with Gasteiger partial charge >= 0.3 is 0 Å². The molecule has 0 saturated carbocycles. The molecule has 0 saturated heterocycles. The smallest absolute Gasteiger partial charge is 0.290 e.